The minimum absolute atomic E-state index is 0.0105. The third-order valence-electron chi connectivity index (χ3n) is 2.05. The summed E-state index contributed by atoms with van der Waals surface area (Å²) in [6.07, 6.45) is 6.78. The number of carbonyl (C=O) groups excluding carboxylic acids is 1. The number of terminal acetylenes is 1. The lowest BCUT2D eigenvalue weighted by molar-refractivity contribution is -0.121. The topological polar surface area (TPSA) is 55.1 Å². The lowest BCUT2D eigenvalue weighted by Crippen LogP contribution is -2.48. The minimum Gasteiger partial charge on any atom is -0.339 e. The van der Waals surface area contributed by atoms with Gasteiger partial charge in [0.15, 0.2) is 0 Å². The summed E-state index contributed by atoms with van der Waals surface area (Å²) >= 11 is 0. The van der Waals surface area contributed by atoms with E-state index in [0.29, 0.717) is 0 Å². The predicted molar refractivity (Wildman–Crippen MR) is 49.3 cm³/mol. The van der Waals surface area contributed by atoms with Crippen molar-refractivity contribution in [1.82, 2.24) is 5.32 Å². The smallest absolute Gasteiger partial charge is 0.234 e. The first-order valence-electron chi connectivity index (χ1n) is 4.13. The molecule has 68 valence electrons. The van der Waals surface area contributed by atoms with E-state index in [1.807, 2.05) is 13.8 Å². The summed E-state index contributed by atoms with van der Waals surface area (Å²) in [6.45, 7) is 3.88. The number of carbonyl (C=O) groups is 1. The van der Waals surface area contributed by atoms with Gasteiger partial charge in [-0.15, -0.1) is 6.42 Å². The largest absolute Gasteiger partial charge is 0.339 e. The molecule has 0 saturated heterocycles. The van der Waals surface area contributed by atoms with E-state index in [1.54, 1.807) is 0 Å². The molecular weight excluding hydrogens is 152 g/mol. The Morgan fingerprint density at radius 2 is 2.08 bits per heavy atom. The number of hydrogen-bond acceptors (Lipinski definition) is 2. The SMILES string of the molecule is C#CC(CC)(CC)NC(=O)CN. The molecule has 1 amide bonds. The summed E-state index contributed by atoms with van der Waals surface area (Å²) < 4.78 is 0. The van der Waals surface area contributed by atoms with Crippen molar-refractivity contribution in [3.05, 3.63) is 0 Å². The average Bonchev–Trinajstić information content (AvgIpc) is 2.14. The fourth-order valence-corrected chi connectivity index (χ4v) is 0.985. The molecule has 0 fully saturated rings. The van der Waals surface area contributed by atoms with Gasteiger partial charge >= 0.3 is 0 Å². The lowest BCUT2D eigenvalue weighted by atomic mass is 9.94. The molecule has 0 heterocycles. The van der Waals surface area contributed by atoms with E-state index in [9.17, 15) is 4.79 Å². The predicted octanol–water partition coefficient (Wildman–Crippen LogP) is 0.253. The lowest BCUT2D eigenvalue weighted by Gasteiger charge is -2.26. The summed E-state index contributed by atoms with van der Waals surface area (Å²) in [6, 6.07) is 0. The molecule has 3 heteroatoms. The van der Waals surface area contributed by atoms with Gasteiger partial charge < -0.3 is 11.1 Å². The third-order valence-corrected chi connectivity index (χ3v) is 2.05. The van der Waals surface area contributed by atoms with Crippen molar-refractivity contribution in [3.63, 3.8) is 0 Å². The fraction of sp³-hybridized carbons (Fsp3) is 0.667. The highest BCUT2D eigenvalue weighted by Gasteiger charge is 2.24. The van der Waals surface area contributed by atoms with Crippen LogP contribution in [0.3, 0.4) is 0 Å². The van der Waals surface area contributed by atoms with Gasteiger partial charge in [-0.05, 0) is 12.8 Å². The molecular formula is C9H16N2O. The first-order valence-corrected chi connectivity index (χ1v) is 4.13. The average molecular weight is 168 g/mol. The van der Waals surface area contributed by atoms with Crippen LogP contribution in [-0.2, 0) is 4.79 Å². The monoisotopic (exact) mass is 168 g/mol. The Hall–Kier alpha value is -1.01. The Morgan fingerprint density at radius 1 is 1.58 bits per heavy atom. The molecule has 0 aliphatic carbocycles. The van der Waals surface area contributed by atoms with E-state index >= 15 is 0 Å². The van der Waals surface area contributed by atoms with Crippen LogP contribution in [0.4, 0.5) is 0 Å². The summed E-state index contributed by atoms with van der Waals surface area (Å²) in [7, 11) is 0. The normalized spacial score (nSPS) is 10.5. The van der Waals surface area contributed by atoms with Crippen LogP contribution >= 0.6 is 0 Å². The second-order valence-electron chi connectivity index (χ2n) is 2.69. The second-order valence-corrected chi connectivity index (χ2v) is 2.69. The molecule has 0 aromatic carbocycles. The fourth-order valence-electron chi connectivity index (χ4n) is 0.985. The molecule has 3 nitrogen and oxygen atoms in total. The molecule has 0 rings (SSSR count). The van der Waals surface area contributed by atoms with Gasteiger partial charge in [0.05, 0.1) is 6.54 Å². The van der Waals surface area contributed by atoms with Crippen LogP contribution in [0.15, 0.2) is 0 Å². The van der Waals surface area contributed by atoms with Crippen LogP contribution in [-0.4, -0.2) is 18.0 Å². The van der Waals surface area contributed by atoms with Gasteiger partial charge in [0.25, 0.3) is 0 Å². The Morgan fingerprint density at radius 3 is 2.33 bits per heavy atom. The quantitative estimate of drug-likeness (QED) is 0.591. The van der Waals surface area contributed by atoms with Crippen LogP contribution in [0.25, 0.3) is 0 Å². The zero-order valence-electron chi connectivity index (χ0n) is 7.68. The van der Waals surface area contributed by atoms with Gasteiger partial charge in [0.1, 0.15) is 5.54 Å². The molecule has 0 aromatic rings. The van der Waals surface area contributed by atoms with E-state index in [4.69, 9.17) is 12.2 Å². The summed E-state index contributed by atoms with van der Waals surface area (Å²) in [5.74, 6) is 2.40. The first kappa shape index (κ1) is 11.0. The number of amides is 1. The van der Waals surface area contributed by atoms with E-state index in [-0.39, 0.29) is 12.5 Å². The van der Waals surface area contributed by atoms with Crippen molar-refractivity contribution in [2.24, 2.45) is 5.73 Å². The maximum atomic E-state index is 11.0. The van der Waals surface area contributed by atoms with Gasteiger partial charge in [0.2, 0.25) is 5.91 Å². The molecule has 0 spiro atoms. The van der Waals surface area contributed by atoms with E-state index in [0.717, 1.165) is 12.8 Å². The van der Waals surface area contributed by atoms with Crippen molar-refractivity contribution < 1.29 is 4.79 Å². The highest BCUT2D eigenvalue weighted by Crippen LogP contribution is 2.12. The van der Waals surface area contributed by atoms with Crippen LogP contribution in [0.5, 0.6) is 0 Å². The third kappa shape index (κ3) is 2.55. The minimum atomic E-state index is -0.504. The molecule has 0 bridgehead atoms. The van der Waals surface area contributed by atoms with E-state index in [2.05, 4.69) is 11.2 Å². The van der Waals surface area contributed by atoms with Crippen LogP contribution in [0.1, 0.15) is 26.7 Å². The van der Waals surface area contributed by atoms with Crippen LogP contribution in [0, 0.1) is 12.3 Å². The highest BCUT2D eigenvalue weighted by atomic mass is 16.1. The molecule has 0 unspecified atom stereocenters. The summed E-state index contributed by atoms with van der Waals surface area (Å²) in [4.78, 5) is 11.0. The van der Waals surface area contributed by atoms with Crippen molar-refractivity contribution in [3.8, 4) is 12.3 Å². The Balaban J connectivity index is 4.33. The van der Waals surface area contributed by atoms with Crippen LogP contribution in [0.2, 0.25) is 0 Å². The molecule has 0 saturated carbocycles. The summed E-state index contributed by atoms with van der Waals surface area (Å²) in [5.41, 5.74) is 4.66. The molecule has 0 atom stereocenters. The van der Waals surface area contributed by atoms with Crippen LogP contribution < -0.4 is 11.1 Å². The Kier molecular flexibility index (Phi) is 4.38. The second kappa shape index (κ2) is 4.78. The molecule has 3 N–H and O–H groups in total. The molecule has 0 aromatic heterocycles. The van der Waals surface area contributed by atoms with Gasteiger partial charge in [-0.25, -0.2) is 0 Å². The van der Waals surface area contributed by atoms with Crippen molar-refractivity contribution in [1.29, 1.82) is 0 Å². The highest BCUT2D eigenvalue weighted by molar-refractivity contribution is 5.79. The Labute approximate surface area is 73.7 Å². The van der Waals surface area contributed by atoms with Crippen molar-refractivity contribution in [2.75, 3.05) is 6.54 Å². The molecule has 12 heavy (non-hydrogen) atoms. The van der Waals surface area contributed by atoms with Crippen molar-refractivity contribution >= 4 is 5.91 Å². The van der Waals surface area contributed by atoms with Crippen molar-refractivity contribution in [2.45, 2.75) is 32.2 Å². The zero-order valence-corrected chi connectivity index (χ0v) is 7.68. The molecule has 0 radical (unpaired) electrons. The van der Waals surface area contributed by atoms with Gasteiger partial charge in [-0.3, -0.25) is 4.79 Å². The standard InChI is InChI=1S/C9H16N2O/c1-4-9(5-2,6-3)11-8(12)7-10/h1H,5-7,10H2,2-3H3,(H,11,12). The Bertz CT molecular complexity index is 189. The maximum absolute atomic E-state index is 11.0. The first-order chi connectivity index (χ1) is 5.64. The zero-order chi connectivity index (χ0) is 9.61. The number of nitrogens with one attached hydrogen (secondary N) is 1. The number of rotatable bonds is 4. The van der Waals surface area contributed by atoms with Gasteiger partial charge in [0, 0.05) is 0 Å². The molecule has 0 aliphatic heterocycles. The summed E-state index contributed by atoms with van der Waals surface area (Å²) in [5, 5.41) is 2.73. The van der Waals surface area contributed by atoms with E-state index in [1.165, 1.54) is 0 Å². The number of hydrogen-bond donors (Lipinski definition) is 2. The number of nitrogens with two attached hydrogens (primary N) is 1. The van der Waals surface area contributed by atoms with Gasteiger partial charge in [-0.1, -0.05) is 19.8 Å². The van der Waals surface area contributed by atoms with Gasteiger partial charge in [-0.2, -0.15) is 0 Å². The maximum Gasteiger partial charge on any atom is 0.234 e. The van der Waals surface area contributed by atoms with E-state index < -0.39 is 5.54 Å². The molecule has 0 aliphatic rings.